The predicted molar refractivity (Wildman–Crippen MR) is 80.7 cm³/mol. The first kappa shape index (κ1) is 13.8. The van der Waals surface area contributed by atoms with Crippen molar-refractivity contribution in [2.24, 2.45) is 0 Å². The average molecular weight is 319 g/mol. The number of esters is 1. The molecule has 0 aliphatic heterocycles. The van der Waals surface area contributed by atoms with Gasteiger partial charge in [0.25, 0.3) is 0 Å². The number of alkyl halides is 1. The van der Waals surface area contributed by atoms with Gasteiger partial charge in [0.2, 0.25) is 0 Å². The summed E-state index contributed by atoms with van der Waals surface area (Å²) in [5.41, 5.74) is 3.13. The number of rotatable bonds is 4. The van der Waals surface area contributed by atoms with Gasteiger partial charge in [0.15, 0.2) is 0 Å². The molecule has 0 heterocycles. The van der Waals surface area contributed by atoms with Crippen LogP contribution >= 0.6 is 15.9 Å². The molecule has 0 saturated carbocycles. The lowest BCUT2D eigenvalue weighted by Gasteiger charge is -2.11. The summed E-state index contributed by atoms with van der Waals surface area (Å²) in [6.07, 6.45) is 0.906. The molecular formula is C16H15BrO2. The Balaban J connectivity index is 2.44. The van der Waals surface area contributed by atoms with E-state index in [0.717, 1.165) is 28.4 Å². The number of halogens is 1. The van der Waals surface area contributed by atoms with Crippen molar-refractivity contribution in [2.45, 2.75) is 13.3 Å². The highest BCUT2D eigenvalue weighted by Gasteiger charge is 2.09. The molecule has 2 aromatic rings. The third-order valence-electron chi connectivity index (χ3n) is 2.77. The number of carbonyl (C=O) groups is 1. The van der Waals surface area contributed by atoms with E-state index in [1.165, 1.54) is 6.92 Å². The van der Waals surface area contributed by atoms with Gasteiger partial charge in [-0.2, -0.15) is 0 Å². The van der Waals surface area contributed by atoms with Crippen LogP contribution < -0.4 is 4.74 Å². The van der Waals surface area contributed by atoms with E-state index in [0.29, 0.717) is 5.75 Å². The van der Waals surface area contributed by atoms with Gasteiger partial charge in [0.05, 0.1) is 0 Å². The Kier molecular flexibility index (Phi) is 4.74. The van der Waals surface area contributed by atoms with Gasteiger partial charge in [-0.25, -0.2) is 0 Å². The van der Waals surface area contributed by atoms with E-state index < -0.39 is 0 Å². The summed E-state index contributed by atoms with van der Waals surface area (Å²) in [6, 6.07) is 15.9. The molecule has 0 amide bonds. The van der Waals surface area contributed by atoms with Crippen LogP contribution in [0.5, 0.6) is 5.75 Å². The fourth-order valence-corrected chi connectivity index (χ4v) is 2.38. The molecule has 0 fully saturated rings. The average Bonchev–Trinajstić information content (AvgIpc) is 2.40. The lowest BCUT2D eigenvalue weighted by molar-refractivity contribution is -0.131. The molecule has 2 aromatic carbocycles. The zero-order valence-corrected chi connectivity index (χ0v) is 12.3. The third-order valence-corrected chi connectivity index (χ3v) is 3.16. The molecular weight excluding hydrogens is 304 g/mol. The summed E-state index contributed by atoms with van der Waals surface area (Å²) in [4.78, 5) is 11.2. The summed E-state index contributed by atoms with van der Waals surface area (Å²) in [7, 11) is 0. The van der Waals surface area contributed by atoms with Crippen LogP contribution in [-0.2, 0) is 11.2 Å². The van der Waals surface area contributed by atoms with Crippen LogP contribution in [0.2, 0.25) is 0 Å². The van der Waals surface area contributed by atoms with Crippen molar-refractivity contribution in [3.05, 3.63) is 54.1 Å². The molecule has 0 aliphatic rings. The maximum absolute atomic E-state index is 11.2. The lowest BCUT2D eigenvalue weighted by Crippen LogP contribution is -2.03. The molecule has 0 aromatic heterocycles. The zero-order chi connectivity index (χ0) is 13.7. The molecule has 98 valence electrons. The summed E-state index contributed by atoms with van der Waals surface area (Å²) in [5.74, 6) is 0.324. The molecule has 2 rings (SSSR count). The van der Waals surface area contributed by atoms with E-state index in [1.807, 2.05) is 42.5 Å². The summed E-state index contributed by atoms with van der Waals surface area (Å²) < 4.78 is 5.33. The van der Waals surface area contributed by atoms with Gasteiger partial charge < -0.3 is 4.74 Å². The second kappa shape index (κ2) is 6.53. The lowest BCUT2D eigenvalue weighted by atomic mass is 10.0. The van der Waals surface area contributed by atoms with Crippen molar-refractivity contribution in [3.63, 3.8) is 0 Å². The molecule has 0 radical (unpaired) electrons. The van der Waals surface area contributed by atoms with Gasteiger partial charge in [-0.3, -0.25) is 4.79 Å². The van der Waals surface area contributed by atoms with Crippen molar-refractivity contribution in [3.8, 4) is 16.9 Å². The predicted octanol–water partition coefficient (Wildman–Crippen LogP) is 4.22. The minimum absolute atomic E-state index is 0.298. The fraction of sp³-hybridized carbons (Fsp3) is 0.188. The van der Waals surface area contributed by atoms with Crippen molar-refractivity contribution in [2.75, 3.05) is 5.33 Å². The molecule has 0 atom stereocenters. The Labute approximate surface area is 121 Å². The highest BCUT2D eigenvalue weighted by atomic mass is 79.9. The molecule has 0 spiro atoms. The van der Waals surface area contributed by atoms with E-state index in [2.05, 4.69) is 22.0 Å². The summed E-state index contributed by atoms with van der Waals surface area (Å²) in [6.45, 7) is 1.42. The van der Waals surface area contributed by atoms with Gasteiger partial charge in [0.1, 0.15) is 5.75 Å². The molecule has 2 nitrogen and oxygen atoms in total. The highest BCUT2D eigenvalue weighted by molar-refractivity contribution is 9.09. The second-order valence-corrected chi connectivity index (χ2v) is 5.02. The molecule has 19 heavy (non-hydrogen) atoms. The van der Waals surface area contributed by atoms with Crippen LogP contribution in [0.1, 0.15) is 12.5 Å². The van der Waals surface area contributed by atoms with Gasteiger partial charge in [-0.1, -0.05) is 58.4 Å². The van der Waals surface area contributed by atoms with Crippen molar-refractivity contribution >= 4 is 21.9 Å². The third kappa shape index (κ3) is 3.67. The Morgan fingerprint density at radius 2 is 1.89 bits per heavy atom. The Morgan fingerprint density at radius 3 is 2.53 bits per heavy atom. The SMILES string of the molecule is CC(=O)Oc1cc(CCBr)ccc1-c1ccccc1. The van der Waals surface area contributed by atoms with Crippen LogP contribution in [0.3, 0.4) is 0 Å². The van der Waals surface area contributed by atoms with E-state index in [9.17, 15) is 4.79 Å². The quantitative estimate of drug-likeness (QED) is 0.479. The normalized spacial score (nSPS) is 10.2. The standard InChI is InChI=1S/C16H15BrO2/c1-12(18)19-16-11-13(9-10-17)7-8-15(16)14-5-3-2-4-6-14/h2-8,11H,9-10H2,1H3. The Morgan fingerprint density at radius 1 is 1.16 bits per heavy atom. The minimum Gasteiger partial charge on any atom is -0.426 e. The van der Waals surface area contributed by atoms with E-state index in [1.54, 1.807) is 0 Å². The largest absolute Gasteiger partial charge is 0.426 e. The Hall–Kier alpha value is -1.61. The van der Waals surface area contributed by atoms with E-state index in [-0.39, 0.29) is 5.97 Å². The molecule has 3 heteroatoms. The van der Waals surface area contributed by atoms with Gasteiger partial charge >= 0.3 is 5.97 Å². The van der Waals surface area contributed by atoms with Crippen LogP contribution in [0.15, 0.2) is 48.5 Å². The number of ether oxygens (including phenoxy) is 1. The number of aryl methyl sites for hydroxylation is 1. The second-order valence-electron chi connectivity index (χ2n) is 4.23. The summed E-state index contributed by atoms with van der Waals surface area (Å²) in [5, 5.41) is 0.886. The van der Waals surface area contributed by atoms with Crippen LogP contribution in [0, 0.1) is 0 Å². The van der Waals surface area contributed by atoms with Crippen molar-refractivity contribution in [1.29, 1.82) is 0 Å². The zero-order valence-electron chi connectivity index (χ0n) is 10.7. The van der Waals surface area contributed by atoms with Gasteiger partial charge in [-0.15, -0.1) is 0 Å². The molecule has 0 saturated heterocycles. The van der Waals surface area contributed by atoms with Crippen molar-refractivity contribution < 1.29 is 9.53 Å². The molecule has 0 aliphatic carbocycles. The smallest absolute Gasteiger partial charge is 0.308 e. The minimum atomic E-state index is -0.298. The van der Waals surface area contributed by atoms with Crippen LogP contribution in [-0.4, -0.2) is 11.3 Å². The number of hydrogen-bond acceptors (Lipinski definition) is 2. The maximum Gasteiger partial charge on any atom is 0.308 e. The number of hydrogen-bond donors (Lipinski definition) is 0. The monoisotopic (exact) mass is 318 g/mol. The Bertz CT molecular complexity index is 564. The fourth-order valence-electron chi connectivity index (χ4n) is 1.93. The first-order chi connectivity index (χ1) is 9.20. The first-order valence-electron chi connectivity index (χ1n) is 6.13. The first-order valence-corrected chi connectivity index (χ1v) is 7.25. The molecule has 0 N–H and O–H groups in total. The van der Waals surface area contributed by atoms with Gasteiger partial charge in [-0.05, 0) is 23.6 Å². The van der Waals surface area contributed by atoms with Crippen molar-refractivity contribution in [1.82, 2.24) is 0 Å². The summed E-state index contributed by atoms with van der Waals surface area (Å²) >= 11 is 3.42. The van der Waals surface area contributed by atoms with Crippen LogP contribution in [0.4, 0.5) is 0 Å². The number of benzene rings is 2. The topological polar surface area (TPSA) is 26.3 Å². The van der Waals surface area contributed by atoms with E-state index in [4.69, 9.17) is 4.74 Å². The maximum atomic E-state index is 11.2. The molecule has 0 bridgehead atoms. The molecule has 0 unspecified atom stereocenters. The number of carbonyl (C=O) groups excluding carboxylic acids is 1. The highest BCUT2D eigenvalue weighted by Crippen LogP contribution is 2.31. The van der Waals surface area contributed by atoms with Gasteiger partial charge in [0, 0.05) is 17.8 Å². The van der Waals surface area contributed by atoms with E-state index >= 15 is 0 Å². The van der Waals surface area contributed by atoms with Crippen LogP contribution in [0.25, 0.3) is 11.1 Å².